The number of carboxylic acid groups (broad SMARTS) is 1. The van der Waals surface area contributed by atoms with Crippen molar-refractivity contribution in [3.05, 3.63) is 85.2 Å². The molecule has 29 heavy (non-hydrogen) atoms. The average molecular weight is 464 g/mol. The van der Waals surface area contributed by atoms with Gasteiger partial charge < -0.3 is 14.8 Å². The molecule has 0 aliphatic heterocycles. The van der Waals surface area contributed by atoms with Crippen molar-refractivity contribution in [2.75, 3.05) is 0 Å². The van der Waals surface area contributed by atoms with Crippen LogP contribution < -0.4 is 10.3 Å². The summed E-state index contributed by atoms with van der Waals surface area (Å²) >= 11 is 3.20. The van der Waals surface area contributed by atoms with E-state index in [-0.39, 0.29) is 28.0 Å². The molecular weight excluding hydrogens is 448 g/mol. The molecule has 0 atom stereocenters. The van der Waals surface area contributed by atoms with E-state index in [9.17, 15) is 23.5 Å². The van der Waals surface area contributed by atoms with Crippen LogP contribution in [-0.4, -0.2) is 16.1 Å². The minimum absolute atomic E-state index is 0.0721. The van der Waals surface area contributed by atoms with Crippen LogP contribution in [0.3, 0.4) is 0 Å². The third-order valence-corrected chi connectivity index (χ3v) is 5.16. The Bertz CT molecular complexity index is 1170. The molecule has 5 nitrogen and oxygen atoms in total. The van der Waals surface area contributed by atoms with E-state index in [1.54, 1.807) is 19.9 Å². The Labute approximate surface area is 173 Å². The normalized spacial score (nSPS) is 10.8. The number of aromatic carboxylic acids is 1. The fourth-order valence-corrected chi connectivity index (χ4v) is 3.36. The maximum atomic E-state index is 14.0. The van der Waals surface area contributed by atoms with E-state index in [0.717, 1.165) is 17.7 Å². The fraction of sp³-hybridized carbons (Fsp3) is 0.143. The van der Waals surface area contributed by atoms with Gasteiger partial charge >= 0.3 is 5.97 Å². The molecule has 1 heterocycles. The maximum absolute atomic E-state index is 14.0. The van der Waals surface area contributed by atoms with Gasteiger partial charge in [0.1, 0.15) is 28.5 Å². The van der Waals surface area contributed by atoms with Gasteiger partial charge in [0.05, 0.1) is 5.56 Å². The number of H-pyrrole nitrogens is 1. The first-order valence-electron chi connectivity index (χ1n) is 8.52. The fourth-order valence-electron chi connectivity index (χ4n) is 2.94. The largest absolute Gasteiger partial charge is 0.487 e. The molecule has 0 aliphatic carbocycles. The van der Waals surface area contributed by atoms with Crippen LogP contribution in [0.5, 0.6) is 5.75 Å². The van der Waals surface area contributed by atoms with Crippen LogP contribution >= 0.6 is 15.9 Å². The van der Waals surface area contributed by atoms with Gasteiger partial charge in [0, 0.05) is 22.9 Å². The number of rotatable bonds is 5. The number of ether oxygens (including phenoxy) is 1. The van der Waals surface area contributed by atoms with Gasteiger partial charge in [-0.05, 0) is 65.2 Å². The van der Waals surface area contributed by atoms with Crippen LogP contribution in [0.1, 0.15) is 27.2 Å². The first kappa shape index (κ1) is 20.7. The molecule has 3 aromatic rings. The van der Waals surface area contributed by atoms with Gasteiger partial charge in [-0.2, -0.15) is 0 Å². The Kier molecular flexibility index (Phi) is 5.83. The number of carboxylic acids is 1. The molecule has 1 aromatic heterocycles. The number of benzene rings is 2. The highest BCUT2D eigenvalue weighted by molar-refractivity contribution is 9.10. The zero-order valence-electron chi connectivity index (χ0n) is 15.5. The molecular formula is C21H16BrF2NO4. The highest BCUT2D eigenvalue weighted by Gasteiger charge is 2.20. The summed E-state index contributed by atoms with van der Waals surface area (Å²) in [7, 11) is 0. The number of halogens is 3. The second-order valence-electron chi connectivity index (χ2n) is 6.46. The molecule has 2 aromatic carbocycles. The van der Waals surface area contributed by atoms with Crippen LogP contribution in [0.4, 0.5) is 8.78 Å². The zero-order valence-corrected chi connectivity index (χ0v) is 17.1. The SMILES string of the molecule is Cc1ccc(C(=O)O)cc1-c1c(C)[nH]c(=O)c(Br)c1OCc1ccc(F)cc1F. The lowest BCUT2D eigenvalue weighted by Gasteiger charge is -2.18. The van der Waals surface area contributed by atoms with E-state index in [1.807, 2.05) is 0 Å². The van der Waals surface area contributed by atoms with Gasteiger partial charge in [-0.15, -0.1) is 0 Å². The molecule has 2 N–H and O–H groups in total. The van der Waals surface area contributed by atoms with Gasteiger partial charge in [-0.3, -0.25) is 4.79 Å². The van der Waals surface area contributed by atoms with Crippen molar-refractivity contribution in [3.63, 3.8) is 0 Å². The molecule has 8 heteroatoms. The van der Waals surface area contributed by atoms with Crippen molar-refractivity contribution < 1.29 is 23.4 Å². The van der Waals surface area contributed by atoms with E-state index in [0.29, 0.717) is 16.8 Å². The lowest BCUT2D eigenvalue weighted by molar-refractivity contribution is 0.0697. The minimum Gasteiger partial charge on any atom is -0.487 e. The second kappa shape index (κ2) is 8.16. The Hall–Kier alpha value is -3.00. The molecule has 0 amide bonds. The first-order chi connectivity index (χ1) is 13.7. The summed E-state index contributed by atoms with van der Waals surface area (Å²) in [6.45, 7) is 3.20. The number of carbonyl (C=O) groups is 1. The van der Waals surface area contributed by atoms with E-state index in [1.165, 1.54) is 18.2 Å². The molecule has 150 valence electrons. The van der Waals surface area contributed by atoms with Crippen LogP contribution in [0, 0.1) is 25.5 Å². The number of hydrogen-bond acceptors (Lipinski definition) is 3. The van der Waals surface area contributed by atoms with Crippen molar-refractivity contribution in [2.45, 2.75) is 20.5 Å². The molecule has 0 saturated heterocycles. The standard InChI is InChI=1S/C21H16BrF2NO4/c1-10-3-4-12(21(27)28)7-15(10)17-11(2)25-20(26)18(22)19(17)29-9-13-5-6-14(23)8-16(13)24/h3-8H,9H2,1-2H3,(H,25,26)(H,27,28). The summed E-state index contributed by atoms with van der Waals surface area (Å²) in [4.78, 5) is 26.3. The first-order valence-corrected chi connectivity index (χ1v) is 9.31. The monoisotopic (exact) mass is 463 g/mol. The predicted octanol–water partition coefficient (Wildman–Crippen LogP) is 4.98. The van der Waals surface area contributed by atoms with Crippen LogP contribution in [0.25, 0.3) is 11.1 Å². The van der Waals surface area contributed by atoms with Crippen LogP contribution in [0.15, 0.2) is 45.7 Å². The molecule has 0 spiro atoms. The van der Waals surface area contributed by atoms with Crippen LogP contribution in [0.2, 0.25) is 0 Å². The van der Waals surface area contributed by atoms with E-state index < -0.39 is 23.2 Å². The van der Waals surface area contributed by atoms with Gasteiger partial charge in [0.2, 0.25) is 0 Å². The summed E-state index contributed by atoms with van der Waals surface area (Å²) in [5, 5.41) is 9.32. The summed E-state index contributed by atoms with van der Waals surface area (Å²) in [5.41, 5.74) is 1.97. The van der Waals surface area contributed by atoms with E-state index in [2.05, 4.69) is 20.9 Å². The van der Waals surface area contributed by atoms with Gasteiger partial charge in [0.15, 0.2) is 0 Å². The van der Waals surface area contributed by atoms with Gasteiger partial charge in [0.25, 0.3) is 5.56 Å². The number of hydrogen-bond donors (Lipinski definition) is 2. The zero-order chi connectivity index (χ0) is 21.3. The Morgan fingerprint density at radius 2 is 1.90 bits per heavy atom. The van der Waals surface area contributed by atoms with E-state index in [4.69, 9.17) is 4.74 Å². The molecule has 0 radical (unpaired) electrons. The number of aromatic nitrogens is 1. The third kappa shape index (κ3) is 4.22. The molecule has 0 unspecified atom stereocenters. The third-order valence-electron chi connectivity index (χ3n) is 4.44. The van der Waals surface area contributed by atoms with Crippen molar-refractivity contribution >= 4 is 21.9 Å². The number of nitrogens with one attached hydrogen (secondary N) is 1. The predicted molar refractivity (Wildman–Crippen MR) is 107 cm³/mol. The van der Waals surface area contributed by atoms with Gasteiger partial charge in [-0.25, -0.2) is 13.6 Å². The van der Waals surface area contributed by atoms with Crippen molar-refractivity contribution in [1.82, 2.24) is 4.98 Å². The number of pyridine rings is 1. The lowest BCUT2D eigenvalue weighted by Crippen LogP contribution is -2.13. The molecule has 0 bridgehead atoms. The Morgan fingerprint density at radius 3 is 2.55 bits per heavy atom. The van der Waals surface area contributed by atoms with Crippen molar-refractivity contribution in [2.24, 2.45) is 0 Å². The summed E-state index contributed by atoms with van der Waals surface area (Å²) in [6.07, 6.45) is 0. The average Bonchev–Trinajstić information content (AvgIpc) is 2.65. The smallest absolute Gasteiger partial charge is 0.335 e. The second-order valence-corrected chi connectivity index (χ2v) is 7.25. The highest BCUT2D eigenvalue weighted by atomic mass is 79.9. The van der Waals surface area contributed by atoms with E-state index >= 15 is 0 Å². The topological polar surface area (TPSA) is 79.4 Å². The summed E-state index contributed by atoms with van der Waals surface area (Å²) in [5.74, 6) is -2.43. The molecule has 0 aliphatic rings. The Morgan fingerprint density at radius 1 is 1.17 bits per heavy atom. The molecule has 0 saturated carbocycles. The number of aromatic amines is 1. The van der Waals surface area contributed by atoms with Gasteiger partial charge in [-0.1, -0.05) is 6.07 Å². The molecule has 0 fully saturated rings. The minimum atomic E-state index is -1.09. The van der Waals surface area contributed by atoms with Crippen LogP contribution in [-0.2, 0) is 6.61 Å². The van der Waals surface area contributed by atoms with Crippen molar-refractivity contribution in [3.8, 4) is 16.9 Å². The lowest BCUT2D eigenvalue weighted by atomic mass is 9.96. The molecule has 3 rings (SSSR count). The highest BCUT2D eigenvalue weighted by Crippen LogP contribution is 2.38. The Balaban J connectivity index is 2.14. The van der Waals surface area contributed by atoms with Crippen molar-refractivity contribution in [1.29, 1.82) is 0 Å². The quantitative estimate of drug-likeness (QED) is 0.559. The summed E-state index contributed by atoms with van der Waals surface area (Å²) < 4.78 is 33.0. The number of aryl methyl sites for hydroxylation is 2. The maximum Gasteiger partial charge on any atom is 0.335 e. The summed E-state index contributed by atoms with van der Waals surface area (Å²) in [6, 6.07) is 7.73.